The molecule has 0 radical (unpaired) electrons. The number of benzene rings is 2. The number of aromatic nitrogens is 2. The molecule has 0 unspecified atom stereocenters. The summed E-state index contributed by atoms with van der Waals surface area (Å²) in [6, 6.07) is 17.7. The van der Waals surface area contributed by atoms with Gasteiger partial charge < -0.3 is 25.1 Å². The number of H-pyrrole nitrogens is 1. The van der Waals surface area contributed by atoms with E-state index in [9.17, 15) is 9.59 Å². The summed E-state index contributed by atoms with van der Waals surface area (Å²) in [6.07, 6.45) is 3.58. The number of allylic oxidation sites excluding steroid dienone is 1. The molecule has 1 aromatic heterocycles. The zero-order valence-electron chi connectivity index (χ0n) is 22.9. The average Bonchev–Trinajstić information content (AvgIpc) is 2.89. The van der Waals surface area contributed by atoms with E-state index in [0.29, 0.717) is 24.5 Å². The van der Waals surface area contributed by atoms with Gasteiger partial charge >= 0.3 is 6.09 Å². The molecule has 3 rings (SSSR count). The summed E-state index contributed by atoms with van der Waals surface area (Å²) in [4.78, 5) is 32.2. The highest BCUT2D eigenvalue weighted by Gasteiger charge is 2.19. The van der Waals surface area contributed by atoms with Gasteiger partial charge in [-0.05, 0) is 75.8 Å². The van der Waals surface area contributed by atoms with E-state index in [-0.39, 0.29) is 5.56 Å². The molecular weight excluding hydrogens is 480 g/mol. The van der Waals surface area contributed by atoms with Gasteiger partial charge in [-0.25, -0.2) is 9.78 Å². The second kappa shape index (κ2) is 13.5. The maximum absolute atomic E-state index is 13.2. The van der Waals surface area contributed by atoms with Gasteiger partial charge in [-0.15, -0.1) is 0 Å². The predicted molar refractivity (Wildman–Crippen MR) is 152 cm³/mol. The van der Waals surface area contributed by atoms with Gasteiger partial charge in [-0.1, -0.05) is 42.5 Å². The molecule has 0 aliphatic carbocycles. The van der Waals surface area contributed by atoms with Crippen LogP contribution < -0.4 is 20.9 Å². The Balaban J connectivity index is 1.76. The van der Waals surface area contributed by atoms with Gasteiger partial charge in [0.15, 0.2) is 0 Å². The Morgan fingerprint density at radius 1 is 0.947 bits per heavy atom. The third kappa shape index (κ3) is 8.23. The van der Waals surface area contributed by atoms with Crippen molar-refractivity contribution in [3.8, 4) is 5.75 Å². The van der Waals surface area contributed by atoms with Gasteiger partial charge in [0.1, 0.15) is 17.2 Å². The second-order valence-electron chi connectivity index (χ2n) is 9.97. The van der Waals surface area contributed by atoms with Crippen molar-refractivity contribution in [1.82, 2.24) is 15.3 Å². The highest BCUT2D eigenvalue weighted by Crippen LogP contribution is 2.34. The summed E-state index contributed by atoms with van der Waals surface area (Å²) < 4.78 is 10.6. The van der Waals surface area contributed by atoms with Crippen molar-refractivity contribution >= 4 is 23.1 Å². The lowest BCUT2D eigenvalue weighted by molar-refractivity contribution is 0.0527. The Morgan fingerprint density at radius 3 is 2.29 bits per heavy atom. The standard InChI is InChI=1S/C30H38N4O4/c1-21(22-12-8-6-9-13-22)25(23-14-16-24(37-5)17-15-23)26-27(33-20-34-28(26)35)31-18-10-7-11-19-32-29(36)38-30(2,3)4/h6,8-9,12-17,20H,7,10-11,18-19H2,1-5H3,(H,32,36)(H2,31,33,34,35)/b25-21+. The molecule has 3 N–H and O–H groups in total. The predicted octanol–water partition coefficient (Wildman–Crippen LogP) is 5.86. The number of ether oxygens (including phenoxy) is 2. The number of hydrogen-bond acceptors (Lipinski definition) is 6. The molecule has 0 aliphatic rings. The Labute approximate surface area is 224 Å². The lowest BCUT2D eigenvalue weighted by atomic mass is 9.91. The first-order valence-corrected chi connectivity index (χ1v) is 12.9. The van der Waals surface area contributed by atoms with Crippen molar-refractivity contribution in [3.05, 3.63) is 88.0 Å². The summed E-state index contributed by atoms with van der Waals surface area (Å²) in [7, 11) is 1.63. The van der Waals surface area contributed by atoms with Crippen LogP contribution >= 0.6 is 0 Å². The third-order valence-corrected chi connectivity index (χ3v) is 5.88. The van der Waals surface area contributed by atoms with Crippen LogP contribution in [0.15, 0.2) is 65.7 Å². The van der Waals surface area contributed by atoms with Crippen molar-refractivity contribution < 1.29 is 14.3 Å². The second-order valence-corrected chi connectivity index (χ2v) is 9.97. The fourth-order valence-electron chi connectivity index (χ4n) is 4.04. The minimum Gasteiger partial charge on any atom is -0.497 e. The van der Waals surface area contributed by atoms with Gasteiger partial charge in [0.05, 0.1) is 19.0 Å². The monoisotopic (exact) mass is 518 g/mol. The fourth-order valence-corrected chi connectivity index (χ4v) is 4.04. The minimum absolute atomic E-state index is 0.217. The van der Waals surface area contributed by atoms with Gasteiger partial charge in [-0.3, -0.25) is 4.79 Å². The van der Waals surface area contributed by atoms with E-state index in [0.717, 1.165) is 47.3 Å². The van der Waals surface area contributed by atoms with Gasteiger partial charge in [-0.2, -0.15) is 0 Å². The van der Waals surface area contributed by atoms with Crippen molar-refractivity contribution in [2.45, 2.75) is 52.6 Å². The Kier molecular flexibility index (Phi) is 10.1. The molecule has 202 valence electrons. The summed E-state index contributed by atoms with van der Waals surface area (Å²) in [5.74, 6) is 1.27. The topological polar surface area (TPSA) is 105 Å². The van der Waals surface area contributed by atoms with E-state index in [1.54, 1.807) is 7.11 Å². The molecular formula is C30H38N4O4. The number of nitrogens with zero attached hydrogens (tertiary/aromatic N) is 1. The Bertz CT molecular complexity index is 1280. The highest BCUT2D eigenvalue weighted by atomic mass is 16.6. The fraction of sp³-hybridized carbons (Fsp3) is 0.367. The number of carbonyl (C=O) groups excluding carboxylic acids is 1. The van der Waals surface area contributed by atoms with Gasteiger partial charge in [0.2, 0.25) is 0 Å². The molecule has 0 bridgehead atoms. The maximum Gasteiger partial charge on any atom is 0.407 e. The quantitative estimate of drug-likeness (QED) is 0.217. The average molecular weight is 519 g/mol. The number of alkyl carbamates (subject to hydrolysis) is 1. The van der Waals surface area contributed by atoms with Crippen LogP contribution in [0, 0.1) is 0 Å². The molecule has 0 spiro atoms. The number of methoxy groups -OCH3 is 1. The maximum atomic E-state index is 13.2. The van der Waals surface area contributed by atoms with Crippen LogP contribution in [-0.2, 0) is 4.74 Å². The van der Waals surface area contributed by atoms with Crippen LogP contribution in [0.25, 0.3) is 11.1 Å². The van der Waals surface area contributed by atoms with Crippen molar-refractivity contribution in [3.63, 3.8) is 0 Å². The van der Waals surface area contributed by atoms with Crippen molar-refractivity contribution in [2.75, 3.05) is 25.5 Å². The normalized spacial score (nSPS) is 11.9. The first kappa shape index (κ1) is 28.5. The van der Waals surface area contributed by atoms with Gasteiger partial charge in [0.25, 0.3) is 5.56 Å². The van der Waals surface area contributed by atoms with E-state index >= 15 is 0 Å². The molecule has 0 saturated carbocycles. The molecule has 1 amide bonds. The smallest absolute Gasteiger partial charge is 0.407 e. The van der Waals surface area contributed by atoms with Gasteiger partial charge in [0, 0.05) is 18.7 Å². The van der Waals surface area contributed by atoms with Crippen LogP contribution in [0.1, 0.15) is 63.6 Å². The third-order valence-electron chi connectivity index (χ3n) is 5.88. The molecule has 0 aliphatic heterocycles. The van der Waals surface area contributed by atoms with Crippen LogP contribution in [0.3, 0.4) is 0 Å². The number of carbonyl (C=O) groups is 1. The summed E-state index contributed by atoms with van der Waals surface area (Å²) in [6.45, 7) is 8.71. The van der Waals surface area contributed by atoms with Crippen LogP contribution in [-0.4, -0.2) is 41.9 Å². The number of amides is 1. The van der Waals surface area contributed by atoms with Crippen LogP contribution in [0.5, 0.6) is 5.75 Å². The molecule has 2 aromatic carbocycles. The molecule has 0 atom stereocenters. The number of aromatic amines is 1. The summed E-state index contributed by atoms with van der Waals surface area (Å²) in [5, 5.41) is 6.14. The lowest BCUT2D eigenvalue weighted by Crippen LogP contribution is -2.33. The largest absolute Gasteiger partial charge is 0.497 e. The number of rotatable bonds is 11. The number of unbranched alkanes of at least 4 members (excludes halogenated alkanes) is 2. The molecule has 8 nitrogen and oxygen atoms in total. The Hall–Kier alpha value is -4.07. The van der Waals surface area contributed by atoms with E-state index in [1.807, 2.05) is 82.3 Å². The first-order chi connectivity index (χ1) is 18.2. The number of nitrogens with one attached hydrogen (secondary N) is 3. The molecule has 8 heteroatoms. The summed E-state index contributed by atoms with van der Waals surface area (Å²) in [5.41, 5.74) is 3.44. The zero-order valence-corrected chi connectivity index (χ0v) is 22.9. The number of hydrogen-bond donors (Lipinski definition) is 3. The Morgan fingerprint density at radius 2 is 1.63 bits per heavy atom. The minimum atomic E-state index is -0.510. The van der Waals surface area contributed by atoms with E-state index < -0.39 is 11.7 Å². The van der Waals surface area contributed by atoms with E-state index in [1.165, 1.54) is 6.33 Å². The van der Waals surface area contributed by atoms with Crippen LogP contribution in [0.4, 0.5) is 10.6 Å². The molecule has 0 saturated heterocycles. The number of anilines is 1. The molecule has 38 heavy (non-hydrogen) atoms. The molecule has 1 heterocycles. The van der Waals surface area contributed by atoms with Crippen molar-refractivity contribution in [2.24, 2.45) is 0 Å². The summed E-state index contributed by atoms with van der Waals surface area (Å²) >= 11 is 0. The van der Waals surface area contributed by atoms with Crippen molar-refractivity contribution in [1.29, 1.82) is 0 Å². The highest BCUT2D eigenvalue weighted by molar-refractivity contribution is 6.00. The lowest BCUT2D eigenvalue weighted by Gasteiger charge is -2.19. The molecule has 3 aromatic rings. The van der Waals surface area contributed by atoms with E-state index in [4.69, 9.17) is 9.47 Å². The molecule has 0 fully saturated rings. The van der Waals surface area contributed by atoms with E-state index in [2.05, 4.69) is 20.6 Å². The van der Waals surface area contributed by atoms with Crippen LogP contribution in [0.2, 0.25) is 0 Å². The first-order valence-electron chi connectivity index (χ1n) is 12.9. The SMILES string of the molecule is COc1ccc(/C(=C(/C)c2ccccc2)c2c(NCCCCCNC(=O)OC(C)(C)C)nc[nH]c2=O)cc1. The zero-order chi connectivity index (χ0) is 27.5.